The molecule has 2 aliphatic heterocycles. The standard InChI is InChI=1S/C14H23NO4/c1-14(2,3)19-13(17)15-7-10(8-16)6-11-9-18-5-4-12(11)15/h8,10-12H,4-7,9H2,1-3H3. The van der Waals surface area contributed by atoms with E-state index in [2.05, 4.69) is 0 Å². The van der Waals surface area contributed by atoms with Crippen molar-refractivity contribution in [2.45, 2.75) is 45.3 Å². The van der Waals surface area contributed by atoms with Crippen molar-refractivity contribution < 1.29 is 19.1 Å². The van der Waals surface area contributed by atoms with Crippen LogP contribution in [0.1, 0.15) is 33.6 Å². The smallest absolute Gasteiger partial charge is 0.410 e. The molecule has 0 bridgehead atoms. The molecule has 2 saturated heterocycles. The fourth-order valence-corrected chi connectivity index (χ4v) is 2.90. The van der Waals surface area contributed by atoms with Crippen LogP contribution >= 0.6 is 0 Å². The van der Waals surface area contributed by atoms with Gasteiger partial charge in [0.25, 0.3) is 0 Å². The highest BCUT2D eigenvalue weighted by molar-refractivity contribution is 5.70. The van der Waals surface area contributed by atoms with Crippen molar-refractivity contribution in [2.24, 2.45) is 11.8 Å². The summed E-state index contributed by atoms with van der Waals surface area (Å²) in [5.74, 6) is 0.153. The van der Waals surface area contributed by atoms with Crippen LogP contribution in [-0.2, 0) is 14.3 Å². The Hall–Kier alpha value is -1.10. The fraction of sp³-hybridized carbons (Fsp3) is 0.857. The first-order valence-corrected chi connectivity index (χ1v) is 6.93. The van der Waals surface area contributed by atoms with Crippen LogP contribution in [0.25, 0.3) is 0 Å². The first-order valence-electron chi connectivity index (χ1n) is 6.93. The molecule has 0 saturated carbocycles. The number of carbonyl (C=O) groups excluding carboxylic acids is 2. The molecule has 0 aromatic heterocycles. The Labute approximate surface area is 114 Å². The number of carbonyl (C=O) groups is 2. The largest absolute Gasteiger partial charge is 0.444 e. The molecule has 0 aromatic carbocycles. The summed E-state index contributed by atoms with van der Waals surface area (Å²) in [6.45, 7) is 7.34. The van der Waals surface area contributed by atoms with Crippen LogP contribution in [0.5, 0.6) is 0 Å². The molecule has 108 valence electrons. The predicted octanol–water partition coefficient (Wildman–Crippen LogP) is 1.85. The minimum absolute atomic E-state index is 0.101. The van der Waals surface area contributed by atoms with E-state index < -0.39 is 5.60 Å². The van der Waals surface area contributed by atoms with Crippen LogP contribution in [0.2, 0.25) is 0 Å². The van der Waals surface area contributed by atoms with E-state index in [1.54, 1.807) is 4.90 Å². The van der Waals surface area contributed by atoms with Crippen LogP contribution in [-0.4, -0.2) is 48.7 Å². The van der Waals surface area contributed by atoms with Crippen LogP contribution in [0, 0.1) is 11.8 Å². The summed E-state index contributed by atoms with van der Waals surface area (Å²) >= 11 is 0. The Bertz CT molecular complexity index is 350. The molecule has 2 aliphatic rings. The van der Waals surface area contributed by atoms with E-state index in [-0.39, 0.29) is 24.0 Å². The molecule has 5 heteroatoms. The molecule has 2 rings (SSSR count). The lowest BCUT2D eigenvalue weighted by atomic mass is 9.82. The zero-order chi connectivity index (χ0) is 14.0. The second kappa shape index (κ2) is 5.49. The van der Waals surface area contributed by atoms with Gasteiger partial charge in [-0.05, 0) is 33.6 Å². The molecule has 0 N–H and O–H groups in total. The van der Waals surface area contributed by atoms with Crippen LogP contribution < -0.4 is 0 Å². The monoisotopic (exact) mass is 269 g/mol. The summed E-state index contributed by atoms with van der Waals surface area (Å²) in [6, 6.07) is 0.153. The van der Waals surface area contributed by atoms with Crippen molar-refractivity contribution in [3.63, 3.8) is 0 Å². The minimum Gasteiger partial charge on any atom is -0.444 e. The lowest BCUT2D eigenvalue weighted by molar-refractivity contribution is -0.116. The van der Waals surface area contributed by atoms with Gasteiger partial charge in [0.15, 0.2) is 0 Å². The molecule has 5 nitrogen and oxygen atoms in total. The van der Waals surface area contributed by atoms with E-state index in [0.29, 0.717) is 19.8 Å². The Kier molecular flexibility index (Phi) is 4.13. The molecule has 3 unspecified atom stereocenters. The topological polar surface area (TPSA) is 55.8 Å². The van der Waals surface area contributed by atoms with Gasteiger partial charge in [-0.2, -0.15) is 0 Å². The average molecular weight is 269 g/mol. The first kappa shape index (κ1) is 14.3. The third-order valence-corrected chi connectivity index (χ3v) is 3.69. The Morgan fingerprint density at radius 1 is 1.42 bits per heavy atom. The van der Waals surface area contributed by atoms with Gasteiger partial charge in [-0.15, -0.1) is 0 Å². The molecule has 0 aliphatic carbocycles. The Morgan fingerprint density at radius 2 is 2.16 bits per heavy atom. The van der Waals surface area contributed by atoms with E-state index in [4.69, 9.17) is 9.47 Å². The van der Waals surface area contributed by atoms with Gasteiger partial charge in [-0.25, -0.2) is 4.79 Å². The van der Waals surface area contributed by atoms with Crippen molar-refractivity contribution >= 4 is 12.4 Å². The van der Waals surface area contributed by atoms with Crippen molar-refractivity contribution in [2.75, 3.05) is 19.8 Å². The van der Waals surface area contributed by atoms with Gasteiger partial charge >= 0.3 is 6.09 Å². The van der Waals surface area contributed by atoms with E-state index in [9.17, 15) is 9.59 Å². The third-order valence-electron chi connectivity index (χ3n) is 3.69. The number of rotatable bonds is 1. The van der Waals surface area contributed by atoms with Crippen LogP contribution in [0.3, 0.4) is 0 Å². The summed E-state index contributed by atoms with van der Waals surface area (Å²) in [6.07, 6.45) is 2.28. The number of hydrogen-bond acceptors (Lipinski definition) is 4. The highest BCUT2D eigenvalue weighted by atomic mass is 16.6. The van der Waals surface area contributed by atoms with Gasteiger partial charge in [0.1, 0.15) is 11.9 Å². The van der Waals surface area contributed by atoms with E-state index in [1.807, 2.05) is 20.8 Å². The molecule has 1 amide bonds. The summed E-state index contributed by atoms with van der Waals surface area (Å²) in [5, 5.41) is 0. The number of aldehydes is 1. The number of fused-ring (bicyclic) bond motifs is 1. The molecule has 19 heavy (non-hydrogen) atoms. The quantitative estimate of drug-likeness (QED) is 0.682. The summed E-state index contributed by atoms with van der Waals surface area (Å²) in [5.41, 5.74) is -0.508. The lowest BCUT2D eigenvalue weighted by Crippen LogP contribution is -2.56. The Balaban J connectivity index is 2.10. The maximum Gasteiger partial charge on any atom is 0.410 e. The maximum atomic E-state index is 12.3. The van der Waals surface area contributed by atoms with Gasteiger partial charge in [0, 0.05) is 31.0 Å². The molecule has 3 atom stereocenters. The second-order valence-corrected chi connectivity index (χ2v) is 6.46. The van der Waals surface area contributed by atoms with Gasteiger partial charge < -0.3 is 19.2 Å². The SMILES string of the molecule is CC(C)(C)OC(=O)N1CC(C=O)CC2COCCC21. The molecular weight excluding hydrogens is 246 g/mol. The highest BCUT2D eigenvalue weighted by Crippen LogP contribution is 2.32. The number of ether oxygens (including phenoxy) is 2. The lowest BCUT2D eigenvalue weighted by Gasteiger charge is -2.45. The number of amides is 1. The fourth-order valence-electron chi connectivity index (χ4n) is 2.90. The number of piperidine rings is 1. The van der Waals surface area contributed by atoms with E-state index in [0.717, 1.165) is 19.1 Å². The summed E-state index contributed by atoms with van der Waals surface area (Å²) < 4.78 is 10.9. The molecular formula is C14H23NO4. The van der Waals surface area contributed by atoms with Crippen molar-refractivity contribution in [3.05, 3.63) is 0 Å². The predicted molar refractivity (Wildman–Crippen MR) is 69.8 cm³/mol. The molecule has 0 radical (unpaired) electrons. The van der Waals surface area contributed by atoms with Crippen molar-refractivity contribution in [1.29, 1.82) is 0 Å². The van der Waals surface area contributed by atoms with E-state index >= 15 is 0 Å². The normalized spacial score (nSPS) is 31.5. The van der Waals surface area contributed by atoms with Crippen molar-refractivity contribution in [1.82, 2.24) is 4.90 Å². The third kappa shape index (κ3) is 3.47. The van der Waals surface area contributed by atoms with Gasteiger partial charge in [-0.1, -0.05) is 0 Å². The minimum atomic E-state index is -0.508. The van der Waals surface area contributed by atoms with Crippen LogP contribution in [0.15, 0.2) is 0 Å². The van der Waals surface area contributed by atoms with Crippen molar-refractivity contribution in [3.8, 4) is 0 Å². The average Bonchev–Trinajstić information content (AvgIpc) is 2.35. The number of likely N-dealkylation sites (tertiary alicyclic amines) is 1. The maximum absolute atomic E-state index is 12.3. The summed E-state index contributed by atoms with van der Waals surface area (Å²) in [4.78, 5) is 25.1. The summed E-state index contributed by atoms with van der Waals surface area (Å²) in [7, 11) is 0. The Morgan fingerprint density at radius 3 is 2.79 bits per heavy atom. The van der Waals surface area contributed by atoms with Gasteiger partial charge in [0.05, 0.1) is 6.61 Å². The van der Waals surface area contributed by atoms with Gasteiger partial charge in [-0.3, -0.25) is 0 Å². The number of hydrogen-bond donors (Lipinski definition) is 0. The van der Waals surface area contributed by atoms with E-state index in [1.165, 1.54) is 0 Å². The second-order valence-electron chi connectivity index (χ2n) is 6.46. The highest BCUT2D eigenvalue weighted by Gasteiger charge is 2.41. The zero-order valence-corrected chi connectivity index (χ0v) is 11.9. The molecule has 2 fully saturated rings. The van der Waals surface area contributed by atoms with Gasteiger partial charge in [0.2, 0.25) is 0 Å². The van der Waals surface area contributed by atoms with Crippen LogP contribution in [0.4, 0.5) is 4.79 Å². The zero-order valence-electron chi connectivity index (χ0n) is 11.9. The number of nitrogens with zero attached hydrogens (tertiary/aromatic N) is 1. The molecule has 0 aromatic rings. The first-order chi connectivity index (χ1) is 8.90. The molecule has 2 heterocycles. The molecule has 0 spiro atoms.